The van der Waals surface area contributed by atoms with Crippen molar-refractivity contribution >= 4 is 6.09 Å². The van der Waals surface area contributed by atoms with E-state index in [0.29, 0.717) is 19.8 Å². The minimum Gasteiger partial charge on any atom is -0.488 e. The van der Waals surface area contributed by atoms with Crippen LogP contribution in [0.5, 0.6) is 11.5 Å². The van der Waals surface area contributed by atoms with Gasteiger partial charge in [-0.2, -0.15) is 0 Å². The van der Waals surface area contributed by atoms with E-state index >= 15 is 0 Å². The Bertz CT molecular complexity index is 485. The van der Waals surface area contributed by atoms with E-state index < -0.39 is 6.09 Å². The minimum absolute atomic E-state index is 0.190. The summed E-state index contributed by atoms with van der Waals surface area (Å²) in [5.41, 5.74) is 0.969. The zero-order valence-corrected chi connectivity index (χ0v) is 12.2. The van der Waals surface area contributed by atoms with Crippen molar-refractivity contribution < 1.29 is 19.0 Å². The molecule has 1 aliphatic rings. The van der Waals surface area contributed by atoms with Crippen LogP contribution in [-0.2, 0) is 11.2 Å². The fourth-order valence-corrected chi connectivity index (χ4v) is 2.20. The number of fused-ring (bicyclic) bond motifs is 1. The van der Waals surface area contributed by atoms with E-state index in [9.17, 15) is 4.79 Å². The molecule has 0 fully saturated rings. The van der Waals surface area contributed by atoms with Gasteiger partial charge in [0.1, 0.15) is 12.2 Å². The fourth-order valence-electron chi connectivity index (χ4n) is 2.20. The van der Waals surface area contributed by atoms with Crippen LogP contribution in [0.3, 0.4) is 0 Å². The molecular weight excluding hydrogens is 258 g/mol. The van der Waals surface area contributed by atoms with Crippen LogP contribution in [-0.4, -0.2) is 31.5 Å². The Morgan fingerprint density at radius 3 is 3.00 bits per heavy atom. The summed E-state index contributed by atoms with van der Waals surface area (Å²) in [6, 6.07) is 5.89. The average molecular weight is 279 g/mol. The zero-order chi connectivity index (χ0) is 14.6. The molecule has 5 heteroatoms. The molecule has 110 valence electrons. The standard InChI is InChI=1S/C15H21NO4/c1-4-18-14(17)16-8-9-19-12-7-5-6-11-10-15(2,3)20-13(11)12/h5-7H,4,8-10H2,1-3H3,(H,16,17). The highest BCUT2D eigenvalue weighted by Crippen LogP contribution is 2.41. The van der Waals surface area contributed by atoms with Crippen molar-refractivity contribution in [1.82, 2.24) is 5.32 Å². The molecule has 2 rings (SSSR count). The third-order valence-corrected chi connectivity index (χ3v) is 2.96. The highest BCUT2D eigenvalue weighted by molar-refractivity contribution is 5.66. The number of nitrogens with one attached hydrogen (secondary N) is 1. The number of hydrogen-bond acceptors (Lipinski definition) is 4. The van der Waals surface area contributed by atoms with Crippen LogP contribution in [0.4, 0.5) is 4.79 Å². The second-order valence-electron chi connectivity index (χ2n) is 5.28. The molecule has 0 atom stereocenters. The Balaban J connectivity index is 1.86. The summed E-state index contributed by atoms with van der Waals surface area (Å²) in [6.07, 6.45) is 0.451. The monoisotopic (exact) mass is 279 g/mol. The summed E-state index contributed by atoms with van der Waals surface area (Å²) in [4.78, 5) is 11.1. The van der Waals surface area contributed by atoms with Crippen molar-refractivity contribution in [3.63, 3.8) is 0 Å². The topological polar surface area (TPSA) is 56.8 Å². The van der Waals surface area contributed by atoms with Crippen LogP contribution < -0.4 is 14.8 Å². The van der Waals surface area contributed by atoms with E-state index in [2.05, 4.69) is 19.2 Å². The number of benzene rings is 1. The number of para-hydroxylation sites is 1. The lowest BCUT2D eigenvalue weighted by Crippen LogP contribution is -2.28. The predicted molar refractivity (Wildman–Crippen MR) is 75.4 cm³/mol. The maximum Gasteiger partial charge on any atom is 0.407 e. The largest absolute Gasteiger partial charge is 0.488 e. The molecule has 0 aliphatic carbocycles. The fraction of sp³-hybridized carbons (Fsp3) is 0.533. The Morgan fingerprint density at radius 2 is 2.25 bits per heavy atom. The van der Waals surface area contributed by atoms with Crippen LogP contribution in [0.15, 0.2) is 18.2 Å². The smallest absolute Gasteiger partial charge is 0.407 e. The van der Waals surface area contributed by atoms with Gasteiger partial charge in [0, 0.05) is 12.0 Å². The Kier molecular flexibility index (Phi) is 4.37. The van der Waals surface area contributed by atoms with Gasteiger partial charge in [0.05, 0.1) is 13.2 Å². The van der Waals surface area contributed by atoms with E-state index in [1.807, 2.05) is 18.2 Å². The zero-order valence-electron chi connectivity index (χ0n) is 12.2. The molecule has 0 radical (unpaired) electrons. The van der Waals surface area contributed by atoms with Crippen molar-refractivity contribution in [2.75, 3.05) is 19.8 Å². The number of carbonyl (C=O) groups is 1. The van der Waals surface area contributed by atoms with Gasteiger partial charge in [-0.3, -0.25) is 0 Å². The first kappa shape index (κ1) is 14.5. The Labute approximate surface area is 119 Å². The van der Waals surface area contributed by atoms with Crippen molar-refractivity contribution in [2.45, 2.75) is 32.8 Å². The maximum atomic E-state index is 11.1. The molecule has 0 saturated heterocycles. The first-order chi connectivity index (χ1) is 9.52. The number of hydrogen-bond donors (Lipinski definition) is 1. The molecule has 20 heavy (non-hydrogen) atoms. The molecule has 0 aromatic heterocycles. The van der Waals surface area contributed by atoms with E-state index in [1.54, 1.807) is 6.92 Å². The molecule has 0 spiro atoms. The van der Waals surface area contributed by atoms with Gasteiger partial charge >= 0.3 is 6.09 Å². The lowest BCUT2D eigenvalue weighted by Gasteiger charge is -2.18. The van der Waals surface area contributed by atoms with Crippen LogP contribution in [0.1, 0.15) is 26.3 Å². The average Bonchev–Trinajstić information content (AvgIpc) is 2.69. The van der Waals surface area contributed by atoms with Gasteiger partial charge in [-0.15, -0.1) is 0 Å². The van der Waals surface area contributed by atoms with Crippen LogP contribution in [0.25, 0.3) is 0 Å². The van der Waals surface area contributed by atoms with Gasteiger partial charge in [-0.1, -0.05) is 12.1 Å². The van der Waals surface area contributed by atoms with Gasteiger partial charge in [0.15, 0.2) is 11.5 Å². The molecule has 0 saturated carbocycles. The normalized spacial score (nSPS) is 15.2. The minimum atomic E-state index is -0.424. The van der Waals surface area contributed by atoms with E-state index in [4.69, 9.17) is 14.2 Å². The summed E-state index contributed by atoms with van der Waals surface area (Å²) < 4.78 is 16.3. The van der Waals surface area contributed by atoms with E-state index in [1.165, 1.54) is 0 Å². The molecule has 1 amide bonds. The van der Waals surface area contributed by atoms with Crippen molar-refractivity contribution in [3.8, 4) is 11.5 Å². The second-order valence-corrected chi connectivity index (χ2v) is 5.28. The second kappa shape index (κ2) is 6.03. The molecule has 0 bridgehead atoms. The van der Waals surface area contributed by atoms with Crippen LogP contribution in [0, 0.1) is 0 Å². The molecule has 1 aromatic rings. The predicted octanol–water partition coefficient (Wildman–Crippen LogP) is 2.53. The summed E-state index contributed by atoms with van der Waals surface area (Å²) in [7, 11) is 0. The van der Waals surface area contributed by atoms with Gasteiger partial charge in [0.25, 0.3) is 0 Å². The molecule has 1 aromatic carbocycles. The quantitative estimate of drug-likeness (QED) is 0.841. The number of carbonyl (C=O) groups excluding carboxylic acids is 1. The molecule has 0 unspecified atom stereocenters. The Hall–Kier alpha value is -1.91. The number of amides is 1. The van der Waals surface area contributed by atoms with Gasteiger partial charge < -0.3 is 19.5 Å². The maximum absolute atomic E-state index is 11.1. The number of alkyl carbamates (subject to hydrolysis) is 1. The van der Waals surface area contributed by atoms with E-state index in [-0.39, 0.29) is 5.60 Å². The van der Waals surface area contributed by atoms with E-state index in [0.717, 1.165) is 23.5 Å². The first-order valence-corrected chi connectivity index (χ1v) is 6.86. The van der Waals surface area contributed by atoms with Crippen molar-refractivity contribution in [2.24, 2.45) is 0 Å². The summed E-state index contributed by atoms with van der Waals surface area (Å²) in [5.74, 6) is 1.53. The highest BCUT2D eigenvalue weighted by atomic mass is 16.6. The summed E-state index contributed by atoms with van der Waals surface area (Å²) in [5, 5.41) is 2.61. The van der Waals surface area contributed by atoms with Crippen LogP contribution >= 0.6 is 0 Å². The third kappa shape index (κ3) is 3.56. The number of rotatable bonds is 5. The van der Waals surface area contributed by atoms with Gasteiger partial charge in [-0.05, 0) is 26.8 Å². The summed E-state index contributed by atoms with van der Waals surface area (Å²) >= 11 is 0. The molecule has 5 nitrogen and oxygen atoms in total. The van der Waals surface area contributed by atoms with Crippen molar-refractivity contribution in [3.05, 3.63) is 23.8 Å². The van der Waals surface area contributed by atoms with Gasteiger partial charge in [0.2, 0.25) is 0 Å². The lowest BCUT2D eigenvalue weighted by atomic mass is 10.0. The molecule has 1 N–H and O–H groups in total. The molecule has 1 heterocycles. The number of ether oxygens (including phenoxy) is 3. The highest BCUT2D eigenvalue weighted by Gasteiger charge is 2.32. The Morgan fingerprint density at radius 1 is 1.45 bits per heavy atom. The first-order valence-electron chi connectivity index (χ1n) is 6.86. The van der Waals surface area contributed by atoms with Crippen LogP contribution in [0.2, 0.25) is 0 Å². The molecule has 1 aliphatic heterocycles. The van der Waals surface area contributed by atoms with Gasteiger partial charge in [-0.25, -0.2) is 4.79 Å². The van der Waals surface area contributed by atoms with Crippen molar-refractivity contribution in [1.29, 1.82) is 0 Å². The third-order valence-electron chi connectivity index (χ3n) is 2.96. The molecular formula is C15H21NO4. The SMILES string of the molecule is CCOC(=O)NCCOc1cccc2c1OC(C)(C)C2. The lowest BCUT2D eigenvalue weighted by molar-refractivity contribution is 0.131. The summed E-state index contributed by atoms with van der Waals surface area (Å²) in [6.45, 7) is 7.01.